The third-order valence-electron chi connectivity index (χ3n) is 7.90. The Morgan fingerprint density at radius 2 is 1.61 bits per heavy atom. The predicted octanol–water partition coefficient (Wildman–Crippen LogP) is 8.20. The highest BCUT2D eigenvalue weighted by atomic mass is 19.1. The van der Waals surface area contributed by atoms with Crippen molar-refractivity contribution < 1.29 is 37.7 Å². The first-order chi connectivity index (χ1) is 23.7. The van der Waals surface area contributed by atoms with E-state index in [1.165, 1.54) is 36.4 Å². The number of halogens is 2. The monoisotopic (exact) mass is 671 g/mol. The minimum atomic E-state index is -0.946. The second-order valence-electron chi connectivity index (χ2n) is 11.5. The van der Waals surface area contributed by atoms with E-state index in [1.54, 1.807) is 36.1 Å². The molecule has 0 radical (unpaired) electrons. The quantitative estimate of drug-likeness (QED) is 0.116. The molecule has 0 aliphatic heterocycles. The van der Waals surface area contributed by atoms with Crippen LogP contribution in [0.25, 0.3) is 0 Å². The number of urea groups is 1. The van der Waals surface area contributed by atoms with Gasteiger partial charge in [0, 0.05) is 24.8 Å². The van der Waals surface area contributed by atoms with E-state index in [0.29, 0.717) is 42.9 Å². The van der Waals surface area contributed by atoms with Crippen LogP contribution in [0, 0.1) is 18.6 Å². The molecule has 0 bridgehead atoms. The molecule has 1 saturated carbocycles. The van der Waals surface area contributed by atoms with Gasteiger partial charge in [-0.25, -0.2) is 23.2 Å². The van der Waals surface area contributed by atoms with Crippen molar-refractivity contribution in [3.63, 3.8) is 0 Å². The number of rotatable bonds is 12. The zero-order chi connectivity index (χ0) is 35.0. The first kappa shape index (κ1) is 36.6. The first-order valence-electron chi connectivity index (χ1n) is 16.0. The fraction of sp³-hybridized carbons (Fsp3) is 0.289. The van der Waals surface area contributed by atoms with Crippen LogP contribution in [0.3, 0.4) is 0 Å². The van der Waals surface area contributed by atoms with Gasteiger partial charge in [0.2, 0.25) is 6.08 Å². The summed E-state index contributed by atoms with van der Waals surface area (Å²) in [5.74, 6) is -1.77. The van der Waals surface area contributed by atoms with Crippen LogP contribution in [0.4, 0.5) is 25.0 Å². The number of carboxylic acid groups (broad SMARTS) is 1. The van der Waals surface area contributed by atoms with Crippen LogP contribution < -0.4 is 5.32 Å². The van der Waals surface area contributed by atoms with Gasteiger partial charge in [0.1, 0.15) is 11.6 Å². The summed E-state index contributed by atoms with van der Waals surface area (Å²) in [5.41, 5.74) is 3.35. The molecular formula is C38H39F2N3O6. The zero-order valence-electron chi connectivity index (χ0n) is 27.2. The number of aromatic carboxylic acids is 1. The summed E-state index contributed by atoms with van der Waals surface area (Å²) in [5, 5.41) is 12.3. The molecule has 9 nitrogen and oxygen atoms in total. The molecule has 4 aromatic carbocycles. The van der Waals surface area contributed by atoms with Crippen molar-refractivity contribution >= 4 is 29.5 Å². The van der Waals surface area contributed by atoms with Crippen LogP contribution in [0.15, 0.2) is 102 Å². The molecule has 49 heavy (non-hydrogen) atoms. The van der Waals surface area contributed by atoms with Crippen molar-refractivity contribution in [2.24, 2.45) is 4.99 Å². The highest BCUT2D eigenvalue weighted by molar-refractivity contribution is 5.91. The Bertz CT molecular complexity index is 1730. The van der Waals surface area contributed by atoms with Crippen LogP contribution >= 0.6 is 0 Å². The summed E-state index contributed by atoms with van der Waals surface area (Å²) in [6.07, 6.45) is 4.74. The lowest BCUT2D eigenvalue weighted by molar-refractivity contribution is -0.0524. The molecule has 0 spiro atoms. The van der Waals surface area contributed by atoms with Gasteiger partial charge in [-0.2, -0.15) is 4.99 Å². The lowest BCUT2D eigenvalue weighted by Gasteiger charge is -2.30. The highest BCUT2D eigenvalue weighted by Gasteiger charge is 2.25. The molecule has 2 N–H and O–H groups in total. The summed E-state index contributed by atoms with van der Waals surface area (Å²) in [4.78, 5) is 39.3. The van der Waals surface area contributed by atoms with Crippen LogP contribution in [-0.4, -0.2) is 53.4 Å². The second kappa shape index (κ2) is 18.9. The summed E-state index contributed by atoms with van der Waals surface area (Å²) in [7, 11) is 0. The maximum atomic E-state index is 13.6. The van der Waals surface area contributed by atoms with E-state index in [-0.39, 0.29) is 30.5 Å². The topological polar surface area (TPSA) is 118 Å². The number of hydrogen-bond acceptors (Lipinski definition) is 6. The van der Waals surface area contributed by atoms with Gasteiger partial charge in [-0.05, 0) is 79.6 Å². The van der Waals surface area contributed by atoms with Crippen LogP contribution in [0.1, 0.15) is 52.7 Å². The molecule has 1 aliphatic carbocycles. The molecule has 2 amide bonds. The fourth-order valence-corrected chi connectivity index (χ4v) is 5.52. The maximum absolute atomic E-state index is 13.6. The SMILES string of the molecule is Cc1cccc(COC2CCCC(OCCN(Cc3ccccc3)C(=O)Nc3cccc(F)c3)C2)c1C(=O)O.O=C=Nc1cccc(F)c1. The average molecular weight is 672 g/mol. The zero-order valence-corrected chi connectivity index (χ0v) is 27.2. The van der Waals surface area contributed by atoms with Crippen molar-refractivity contribution in [1.29, 1.82) is 0 Å². The Hall–Kier alpha value is -5.22. The molecule has 4 aromatic rings. The number of aliphatic imine (C=N–C) groups is 1. The summed E-state index contributed by atoms with van der Waals surface area (Å²) in [6, 6.07) is 26.0. The molecule has 5 rings (SSSR count). The minimum Gasteiger partial charge on any atom is -0.478 e. The maximum Gasteiger partial charge on any atom is 0.336 e. The van der Waals surface area contributed by atoms with E-state index in [4.69, 9.17) is 9.47 Å². The Balaban J connectivity index is 0.000000463. The van der Waals surface area contributed by atoms with Crippen LogP contribution in [0.2, 0.25) is 0 Å². The molecule has 0 heterocycles. The van der Waals surface area contributed by atoms with Crippen molar-refractivity contribution in [2.45, 2.75) is 58.0 Å². The van der Waals surface area contributed by atoms with Gasteiger partial charge in [0.05, 0.1) is 36.7 Å². The number of carbonyl (C=O) groups excluding carboxylic acids is 2. The van der Waals surface area contributed by atoms with E-state index in [2.05, 4.69) is 10.3 Å². The third-order valence-corrected chi connectivity index (χ3v) is 7.90. The molecular weight excluding hydrogens is 632 g/mol. The van der Waals surface area contributed by atoms with Gasteiger partial charge >= 0.3 is 12.0 Å². The van der Waals surface area contributed by atoms with Gasteiger partial charge < -0.3 is 24.8 Å². The van der Waals surface area contributed by atoms with Crippen LogP contribution in [-0.2, 0) is 27.4 Å². The number of hydrogen-bond donors (Lipinski definition) is 2. The number of nitrogens with zero attached hydrogens (tertiary/aromatic N) is 2. The average Bonchev–Trinajstić information content (AvgIpc) is 3.08. The van der Waals surface area contributed by atoms with Gasteiger partial charge in [-0.15, -0.1) is 0 Å². The summed E-state index contributed by atoms with van der Waals surface area (Å²) < 4.78 is 38.2. The molecule has 0 saturated heterocycles. The fourth-order valence-electron chi connectivity index (χ4n) is 5.52. The molecule has 1 fully saturated rings. The Morgan fingerprint density at radius 3 is 2.31 bits per heavy atom. The molecule has 2 atom stereocenters. The predicted molar refractivity (Wildman–Crippen MR) is 181 cm³/mol. The second-order valence-corrected chi connectivity index (χ2v) is 11.5. The summed E-state index contributed by atoms with van der Waals surface area (Å²) >= 11 is 0. The van der Waals surface area contributed by atoms with Crippen LogP contribution in [0.5, 0.6) is 0 Å². The molecule has 256 valence electrons. The van der Waals surface area contributed by atoms with Crippen molar-refractivity contribution in [3.05, 3.63) is 131 Å². The van der Waals surface area contributed by atoms with E-state index in [9.17, 15) is 28.3 Å². The van der Waals surface area contributed by atoms with Gasteiger partial charge in [0.15, 0.2) is 0 Å². The largest absolute Gasteiger partial charge is 0.478 e. The van der Waals surface area contributed by atoms with E-state index in [1.807, 2.05) is 36.4 Å². The van der Waals surface area contributed by atoms with Gasteiger partial charge in [-0.1, -0.05) is 60.7 Å². The van der Waals surface area contributed by atoms with Crippen molar-refractivity contribution in [1.82, 2.24) is 4.90 Å². The highest BCUT2D eigenvalue weighted by Crippen LogP contribution is 2.26. The third kappa shape index (κ3) is 12.1. The lowest BCUT2D eigenvalue weighted by atomic mass is 9.94. The number of ether oxygens (including phenoxy) is 2. The standard InChI is InChI=1S/C31H35FN2O5.C7H4FNO/c1-22-8-5-11-24(29(22)30(35)36)21-39-28-15-7-14-27(19-28)38-17-16-34(20-23-9-3-2-4-10-23)31(37)33-26-13-6-12-25(32)18-26;8-6-2-1-3-7(4-6)9-5-10/h2-6,8-13,18,27-28H,7,14-17,19-21H2,1H3,(H,33,37)(H,35,36);1-4H. The minimum absolute atomic E-state index is 0.00920. The molecule has 0 aromatic heterocycles. The molecule has 2 unspecified atom stereocenters. The van der Waals surface area contributed by atoms with E-state index >= 15 is 0 Å². The Labute approximate surface area is 284 Å². The van der Waals surface area contributed by atoms with E-state index in [0.717, 1.165) is 36.5 Å². The number of nitrogens with one attached hydrogen (secondary N) is 1. The van der Waals surface area contributed by atoms with Crippen molar-refractivity contribution in [2.75, 3.05) is 18.5 Å². The molecule has 11 heteroatoms. The number of benzene rings is 4. The lowest BCUT2D eigenvalue weighted by Crippen LogP contribution is -2.38. The number of aryl methyl sites for hydroxylation is 1. The normalized spacial score (nSPS) is 15.2. The van der Waals surface area contributed by atoms with Gasteiger partial charge in [0.25, 0.3) is 0 Å². The Kier molecular flexibility index (Phi) is 14.2. The number of carbonyl (C=O) groups is 2. The smallest absolute Gasteiger partial charge is 0.336 e. The van der Waals surface area contributed by atoms with Crippen molar-refractivity contribution in [3.8, 4) is 0 Å². The Morgan fingerprint density at radius 1 is 0.918 bits per heavy atom. The van der Waals surface area contributed by atoms with E-state index < -0.39 is 17.6 Å². The van der Waals surface area contributed by atoms with Gasteiger partial charge in [-0.3, -0.25) is 0 Å². The number of anilines is 1. The number of carboxylic acids is 1. The number of isocyanates is 1. The number of amides is 2. The summed E-state index contributed by atoms with van der Waals surface area (Å²) in [6.45, 7) is 3.14. The molecule has 1 aliphatic rings. The first-order valence-corrected chi connectivity index (χ1v) is 16.0.